The van der Waals surface area contributed by atoms with Crippen molar-refractivity contribution in [3.63, 3.8) is 0 Å². The Labute approximate surface area is 141 Å². The monoisotopic (exact) mass is 333 g/mol. The highest BCUT2D eigenvalue weighted by Crippen LogP contribution is 2.20. The van der Waals surface area contributed by atoms with Gasteiger partial charge in [-0.1, -0.05) is 23.7 Å². The van der Waals surface area contributed by atoms with E-state index in [0.717, 1.165) is 11.3 Å². The molecule has 0 radical (unpaired) electrons. The molecule has 0 fully saturated rings. The fourth-order valence-corrected chi connectivity index (χ4v) is 2.30. The average Bonchev–Trinajstić information content (AvgIpc) is 2.54. The summed E-state index contributed by atoms with van der Waals surface area (Å²) < 4.78 is 5.13. The number of carbonyl (C=O) groups excluding carboxylic acids is 1. The minimum absolute atomic E-state index is 0.136. The van der Waals surface area contributed by atoms with Gasteiger partial charge >= 0.3 is 0 Å². The first-order chi connectivity index (χ1) is 10.9. The van der Waals surface area contributed by atoms with Gasteiger partial charge in [0.15, 0.2) is 0 Å². The zero-order valence-electron chi connectivity index (χ0n) is 13.6. The van der Waals surface area contributed by atoms with E-state index in [0.29, 0.717) is 16.5 Å². The van der Waals surface area contributed by atoms with Crippen molar-refractivity contribution >= 4 is 23.3 Å². The second kappa shape index (κ2) is 7.33. The Balaban J connectivity index is 2.14. The van der Waals surface area contributed by atoms with E-state index in [1.165, 1.54) is 0 Å². The number of nitrogens with zero attached hydrogens (tertiary/aromatic N) is 2. The van der Waals surface area contributed by atoms with E-state index in [2.05, 4.69) is 10.3 Å². The highest BCUT2D eigenvalue weighted by atomic mass is 35.5. The van der Waals surface area contributed by atoms with Crippen LogP contribution in [0.5, 0.6) is 5.75 Å². The van der Waals surface area contributed by atoms with Crippen LogP contribution in [0.15, 0.2) is 36.4 Å². The van der Waals surface area contributed by atoms with Gasteiger partial charge in [0.05, 0.1) is 13.2 Å². The van der Waals surface area contributed by atoms with Gasteiger partial charge in [-0.3, -0.25) is 4.79 Å². The standard InChI is InChI=1S/C17H20ClN3O2/c1-11(12-5-7-14(23-4)8-6-12)19-17(22)13-9-15(18)20-16(10-13)21(2)3/h5-11H,1-4H3,(H,19,22). The molecule has 0 saturated carbocycles. The highest BCUT2D eigenvalue weighted by Gasteiger charge is 2.14. The summed E-state index contributed by atoms with van der Waals surface area (Å²) in [6.07, 6.45) is 0. The number of rotatable bonds is 5. The maximum absolute atomic E-state index is 12.4. The molecule has 1 N–H and O–H groups in total. The number of carbonyl (C=O) groups is 1. The minimum atomic E-state index is -0.194. The Kier molecular flexibility index (Phi) is 5.45. The number of methoxy groups -OCH3 is 1. The maximum atomic E-state index is 12.4. The molecule has 1 unspecified atom stereocenters. The predicted molar refractivity (Wildman–Crippen MR) is 92.4 cm³/mol. The largest absolute Gasteiger partial charge is 0.497 e. The molecule has 1 atom stereocenters. The lowest BCUT2D eigenvalue weighted by Gasteiger charge is -2.16. The van der Waals surface area contributed by atoms with Gasteiger partial charge in [0.1, 0.15) is 16.7 Å². The topological polar surface area (TPSA) is 54.5 Å². The summed E-state index contributed by atoms with van der Waals surface area (Å²) >= 11 is 5.99. The van der Waals surface area contributed by atoms with Crippen LogP contribution in [-0.2, 0) is 0 Å². The number of pyridine rings is 1. The molecule has 1 amide bonds. The molecule has 0 saturated heterocycles. The Morgan fingerprint density at radius 1 is 1.26 bits per heavy atom. The molecule has 122 valence electrons. The summed E-state index contributed by atoms with van der Waals surface area (Å²) in [5.41, 5.74) is 1.47. The fraction of sp³-hybridized carbons (Fsp3) is 0.294. The zero-order valence-corrected chi connectivity index (χ0v) is 14.4. The Hall–Kier alpha value is -2.27. The third-order valence-corrected chi connectivity index (χ3v) is 3.66. The van der Waals surface area contributed by atoms with Gasteiger partial charge in [-0.15, -0.1) is 0 Å². The number of benzene rings is 1. The summed E-state index contributed by atoms with van der Waals surface area (Å²) in [4.78, 5) is 18.4. The second-order valence-corrected chi connectivity index (χ2v) is 5.79. The van der Waals surface area contributed by atoms with Crippen molar-refractivity contribution in [2.75, 3.05) is 26.1 Å². The molecule has 23 heavy (non-hydrogen) atoms. The average molecular weight is 334 g/mol. The van der Waals surface area contributed by atoms with Crippen molar-refractivity contribution in [3.8, 4) is 5.75 Å². The number of nitrogens with one attached hydrogen (secondary N) is 1. The van der Waals surface area contributed by atoms with Crippen molar-refractivity contribution in [2.24, 2.45) is 0 Å². The molecule has 1 aromatic carbocycles. The Morgan fingerprint density at radius 3 is 2.48 bits per heavy atom. The van der Waals surface area contributed by atoms with E-state index in [4.69, 9.17) is 16.3 Å². The number of hydrogen-bond donors (Lipinski definition) is 1. The number of halogens is 1. The molecule has 1 heterocycles. The first-order valence-corrected chi connectivity index (χ1v) is 7.58. The van der Waals surface area contributed by atoms with E-state index in [1.54, 1.807) is 24.1 Å². The van der Waals surface area contributed by atoms with Gasteiger partial charge in [-0.25, -0.2) is 4.98 Å². The molecule has 2 aromatic rings. The molecule has 0 aliphatic carbocycles. The molecule has 0 aliphatic heterocycles. The minimum Gasteiger partial charge on any atom is -0.497 e. The lowest BCUT2D eigenvalue weighted by molar-refractivity contribution is 0.0940. The van der Waals surface area contributed by atoms with E-state index in [1.807, 2.05) is 45.3 Å². The van der Waals surface area contributed by atoms with E-state index < -0.39 is 0 Å². The fourth-order valence-electron chi connectivity index (χ4n) is 2.10. The van der Waals surface area contributed by atoms with Crippen LogP contribution in [0.25, 0.3) is 0 Å². The summed E-state index contributed by atoms with van der Waals surface area (Å²) in [6, 6.07) is 10.7. The Bertz CT molecular complexity index is 687. The number of aromatic nitrogens is 1. The van der Waals surface area contributed by atoms with Gasteiger partial charge in [-0.05, 0) is 36.8 Å². The number of ether oxygens (including phenoxy) is 1. The van der Waals surface area contributed by atoms with Crippen LogP contribution in [0.4, 0.5) is 5.82 Å². The van der Waals surface area contributed by atoms with Crippen molar-refractivity contribution in [3.05, 3.63) is 52.7 Å². The summed E-state index contributed by atoms with van der Waals surface area (Å²) in [7, 11) is 5.32. The summed E-state index contributed by atoms with van der Waals surface area (Å²) in [5.74, 6) is 1.23. The van der Waals surface area contributed by atoms with Gasteiger partial charge in [-0.2, -0.15) is 0 Å². The van der Waals surface area contributed by atoms with Crippen LogP contribution in [0.2, 0.25) is 5.15 Å². The third kappa shape index (κ3) is 4.36. The maximum Gasteiger partial charge on any atom is 0.251 e. The van der Waals surface area contributed by atoms with E-state index >= 15 is 0 Å². The number of hydrogen-bond acceptors (Lipinski definition) is 4. The lowest BCUT2D eigenvalue weighted by Crippen LogP contribution is -2.27. The van der Waals surface area contributed by atoms with Crippen molar-refractivity contribution in [1.29, 1.82) is 0 Å². The van der Waals surface area contributed by atoms with Crippen molar-refractivity contribution in [1.82, 2.24) is 10.3 Å². The van der Waals surface area contributed by atoms with Crippen LogP contribution in [0.1, 0.15) is 28.9 Å². The van der Waals surface area contributed by atoms with Crippen LogP contribution >= 0.6 is 11.6 Å². The van der Waals surface area contributed by atoms with Crippen LogP contribution in [-0.4, -0.2) is 32.1 Å². The first-order valence-electron chi connectivity index (χ1n) is 7.20. The van der Waals surface area contributed by atoms with Gasteiger partial charge < -0.3 is 15.0 Å². The SMILES string of the molecule is COc1ccc(C(C)NC(=O)c2cc(Cl)nc(N(C)C)c2)cc1. The molecule has 0 spiro atoms. The molecule has 0 aliphatic rings. The highest BCUT2D eigenvalue weighted by molar-refractivity contribution is 6.29. The van der Waals surface area contributed by atoms with Crippen LogP contribution < -0.4 is 15.0 Å². The smallest absolute Gasteiger partial charge is 0.251 e. The molecule has 0 bridgehead atoms. The van der Waals surface area contributed by atoms with E-state index in [9.17, 15) is 4.79 Å². The molecule has 6 heteroatoms. The number of anilines is 1. The predicted octanol–water partition coefficient (Wildman–Crippen LogP) is 3.30. The van der Waals surface area contributed by atoms with E-state index in [-0.39, 0.29) is 11.9 Å². The molecule has 5 nitrogen and oxygen atoms in total. The lowest BCUT2D eigenvalue weighted by atomic mass is 10.1. The summed E-state index contributed by atoms with van der Waals surface area (Å²) in [5, 5.41) is 3.25. The van der Waals surface area contributed by atoms with Crippen LogP contribution in [0, 0.1) is 0 Å². The normalized spacial score (nSPS) is 11.7. The number of amides is 1. The van der Waals surface area contributed by atoms with Crippen molar-refractivity contribution < 1.29 is 9.53 Å². The molecular weight excluding hydrogens is 314 g/mol. The van der Waals surface area contributed by atoms with Gasteiger partial charge in [0, 0.05) is 19.7 Å². The van der Waals surface area contributed by atoms with Gasteiger partial charge in [0.25, 0.3) is 5.91 Å². The molecule has 2 rings (SSSR count). The summed E-state index contributed by atoms with van der Waals surface area (Å²) in [6.45, 7) is 1.93. The second-order valence-electron chi connectivity index (χ2n) is 5.40. The first kappa shape index (κ1) is 17.1. The quantitative estimate of drug-likeness (QED) is 0.853. The van der Waals surface area contributed by atoms with Crippen molar-refractivity contribution in [2.45, 2.75) is 13.0 Å². The van der Waals surface area contributed by atoms with Crippen LogP contribution in [0.3, 0.4) is 0 Å². The van der Waals surface area contributed by atoms with Gasteiger partial charge in [0.2, 0.25) is 0 Å². The molecular formula is C17H20ClN3O2. The third-order valence-electron chi connectivity index (χ3n) is 3.46. The Morgan fingerprint density at radius 2 is 1.91 bits per heavy atom. The zero-order chi connectivity index (χ0) is 17.0. The molecule has 1 aromatic heterocycles.